The van der Waals surface area contributed by atoms with Crippen LogP contribution in [0.2, 0.25) is 325 Å². The van der Waals surface area contributed by atoms with Gasteiger partial charge in [-0.15, -0.1) is 0 Å². The van der Waals surface area contributed by atoms with E-state index in [-0.39, 0.29) is 0 Å². The minimum absolute atomic E-state index is 0.661. The first-order chi connectivity index (χ1) is 42.5. The summed E-state index contributed by atoms with van der Waals surface area (Å²) in [5.41, 5.74) is 5.72. The van der Waals surface area contributed by atoms with Gasteiger partial charge in [-0.1, -0.05) is 22.6 Å². The van der Waals surface area contributed by atoms with Crippen LogP contribution in [0.1, 0.15) is 32.1 Å². The van der Waals surface area contributed by atoms with Crippen LogP contribution in [-0.4, -0.2) is 204 Å². The summed E-state index contributed by atoms with van der Waals surface area (Å²) >= 11 is 2.43. The molecule has 0 unspecified atom stereocenters. The van der Waals surface area contributed by atoms with E-state index in [0.29, 0.717) is 6.54 Å². The standard InChI is InChI=1S/C36H99NO9Si12.C12H33IO3Si4.C12H35NO3Si4/c1-47(2,3)38-56(39-48(4,5)6,40-49(7,8)9)34-28-31-37(32-29-35-57(41-50(10,11)12,42-51(13,14)15)43-52(16,17)18)33-30-36-58(44-53(19,20)21,45-54(22,23)24)46-55(25,26)27;2*1-17(2,3)14-20(12-10-11-13,15-18(4,5)6)16-19(7,8)9/h28-36H2,1-27H3;10-12H2,1-9H3;10-13H2,1-9H3. The van der Waals surface area contributed by atoms with Crippen LogP contribution < -0.4 is 5.73 Å². The van der Waals surface area contributed by atoms with Crippen molar-refractivity contribution < 1.29 is 61.7 Å². The summed E-state index contributed by atoms with van der Waals surface area (Å²) in [6, 6.07) is 4.29. The number of hydrogen-bond donors (Lipinski definition) is 1. The van der Waals surface area contributed by atoms with Crippen molar-refractivity contribution >= 4 is 191 Å². The third-order valence-corrected chi connectivity index (χ3v) is 72.1. The van der Waals surface area contributed by atoms with Crippen molar-refractivity contribution in [3.05, 3.63) is 0 Å². The molecule has 0 aromatic rings. The summed E-state index contributed by atoms with van der Waals surface area (Å²) in [6.45, 7) is 105. The summed E-state index contributed by atoms with van der Waals surface area (Å²) in [5, 5.41) is 0. The quantitative estimate of drug-likeness (QED) is 0.0347. The fraction of sp³-hybridized carbons (Fsp3) is 1.00. The van der Waals surface area contributed by atoms with Crippen LogP contribution in [0.3, 0.4) is 0 Å². The van der Waals surface area contributed by atoms with E-state index >= 15 is 0 Å². The molecule has 0 aromatic carbocycles. The first-order valence-corrected chi connectivity index (χ1v) is 99.3. The average molecular weight is 1850 g/mol. The summed E-state index contributed by atoms with van der Waals surface area (Å²) in [4.78, 5) is 2.66. The molecule has 0 bridgehead atoms. The van der Waals surface area contributed by atoms with E-state index in [1.807, 2.05) is 0 Å². The number of nitrogens with two attached hydrogens (primary N) is 1. The lowest BCUT2D eigenvalue weighted by Gasteiger charge is -2.43. The molecule has 0 spiro atoms. The molecule has 0 heterocycles. The highest BCUT2D eigenvalue weighted by molar-refractivity contribution is 14.1. The molecule has 0 saturated heterocycles. The molecule has 0 fully saturated rings. The van der Waals surface area contributed by atoms with E-state index in [4.69, 9.17) is 67.5 Å². The third kappa shape index (κ3) is 63.1. The molecule has 0 aliphatic heterocycles. The molecule has 0 saturated carbocycles. The lowest BCUT2D eigenvalue weighted by molar-refractivity contribution is 0.224. The van der Waals surface area contributed by atoms with Crippen molar-refractivity contribution in [3.63, 3.8) is 0 Å². The lowest BCUT2D eigenvalue weighted by Crippen LogP contribution is -2.60. The van der Waals surface area contributed by atoms with Crippen molar-refractivity contribution in [1.29, 1.82) is 0 Å². The molecule has 0 aliphatic carbocycles. The van der Waals surface area contributed by atoms with Crippen molar-refractivity contribution in [1.82, 2.24) is 4.90 Å². The molecule has 0 aromatic heterocycles. The number of nitrogens with zero attached hydrogens (tertiary/aromatic N) is 1. The molecule has 38 heteroatoms. The Kier molecular flexibility index (Phi) is 44.8. The first kappa shape index (κ1) is 107. The predicted molar refractivity (Wildman–Crippen MR) is 487 cm³/mol. The van der Waals surface area contributed by atoms with Gasteiger partial charge in [-0.2, -0.15) is 0 Å². The van der Waals surface area contributed by atoms with Gasteiger partial charge in [0.25, 0.3) is 0 Å². The second kappa shape index (κ2) is 41.2. The second-order valence-electron chi connectivity index (χ2n) is 41.5. The topological polar surface area (TPSA) is 168 Å². The summed E-state index contributed by atoms with van der Waals surface area (Å²) in [6.07, 6.45) is 4.86. The van der Waals surface area contributed by atoms with Gasteiger partial charge in [0.1, 0.15) is 0 Å². The lowest BCUT2D eigenvalue weighted by atomic mass is 10.3. The van der Waals surface area contributed by atoms with Gasteiger partial charge in [-0.05, 0) is 357 Å². The Morgan fingerprint density at radius 1 is 0.194 bits per heavy atom. The van der Waals surface area contributed by atoms with E-state index in [9.17, 15) is 0 Å². The smallest absolute Gasteiger partial charge is 0.417 e. The molecule has 2 N–H and O–H groups in total. The molecule has 594 valence electrons. The Balaban J connectivity index is -0.00000182. The van der Waals surface area contributed by atoms with E-state index in [2.05, 4.69) is 322 Å². The van der Waals surface area contributed by atoms with Crippen LogP contribution in [0.5, 0.6) is 0 Å². The van der Waals surface area contributed by atoms with Crippen LogP contribution in [0.4, 0.5) is 0 Å². The molecule has 0 amide bonds. The molecule has 98 heavy (non-hydrogen) atoms. The minimum atomic E-state index is -2.97. The van der Waals surface area contributed by atoms with Crippen molar-refractivity contribution in [2.24, 2.45) is 5.73 Å². The number of hydrogen-bond acceptors (Lipinski definition) is 17. The highest BCUT2D eigenvalue weighted by atomic mass is 127. The summed E-state index contributed by atoms with van der Waals surface area (Å²) < 4.78 is 104. The summed E-state index contributed by atoms with van der Waals surface area (Å²) in [5.74, 6) is 0. The van der Waals surface area contributed by atoms with Gasteiger partial charge in [0.05, 0.1) is 0 Å². The largest absolute Gasteiger partial charge is 0.469 e. The average Bonchev–Trinajstić information content (AvgIpc) is 0.838. The summed E-state index contributed by atoms with van der Waals surface area (Å²) in [7, 11) is -42.2. The SMILES string of the molecule is C[Si](C)(C)O[Si](CCCI)(O[Si](C)(C)C)O[Si](C)(C)C.C[Si](C)(C)O[Si](CCCN(CCC[Si](O[Si](C)(C)C)(O[Si](C)(C)C)O[Si](C)(C)C)CCC[Si](O[Si](C)(C)C)(O[Si](C)(C)C)O[Si](C)(C)C)(O[Si](C)(C)C)O[Si](C)(C)C.C[Si](C)(C)O[Si](CCCN)(O[Si](C)(C)C)O[Si](C)(C)C. The molecule has 0 aliphatic rings. The zero-order valence-corrected chi connectivity index (χ0v) is 95.3. The molecule has 0 radical (unpaired) electrons. The van der Waals surface area contributed by atoms with Gasteiger partial charge in [-0.25, -0.2) is 0 Å². The van der Waals surface area contributed by atoms with Gasteiger partial charge >= 0.3 is 44.0 Å². The predicted octanol–water partition coefficient (Wildman–Crippen LogP) is 22.1. The third-order valence-electron chi connectivity index (χ3n) is 11.1. The minimum Gasteiger partial charge on any atom is -0.417 e. The van der Waals surface area contributed by atoms with Crippen molar-refractivity contribution in [2.45, 2.75) is 357 Å². The van der Waals surface area contributed by atoms with Gasteiger partial charge < -0.3 is 72.4 Å². The zero-order valence-electron chi connectivity index (χ0n) is 73.1. The van der Waals surface area contributed by atoms with Gasteiger partial charge in [0.15, 0.2) is 125 Å². The van der Waals surface area contributed by atoms with Gasteiger partial charge in [0.2, 0.25) is 0 Å². The Hall–Kier alpha value is 4.39. The zero-order chi connectivity index (χ0) is 78.8. The molecule has 17 nitrogen and oxygen atoms in total. The fourth-order valence-corrected chi connectivity index (χ4v) is 84.9. The van der Waals surface area contributed by atoms with Gasteiger partial charge in [-0.3, -0.25) is 0 Å². The highest BCUT2D eigenvalue weighted by Gasteiger charge is 2.55. The van der Waals surface area contributed by atoms with E-state index in [0.717, 1.165) is 86.4 Å². The highest BCUT2D eigenvalue weighted by Crippen LogP contribution is 2.36. The van der Waals surface area contributed by atoms with Crippen LogP contribution in [0, 0.1) is 0 Å². The number of alkyl halides is 1. The fourth-order valence-electron chi connectivity index (χ4n) is 10.6. The van der Waals surface area contributed by atoms with Gasteiger partial charge in [0, 0.05) is 30.2 Å². The number of rotatable bonds is 48. The Morgan fingerprint density at radius 2 is 0.306 bits per heavy atom. The Morgan fingerprint density at radius 3 is 0.408 bits per heavy atom. The maximum atomic E-state index is 7.11. The van der Waals surface area contributed by atoms with E-state index in [1.165, 1.54) is 0 Å². The van der Waals surface area contributed by atoms with E-state index in [1.54, 1.807) is 0 Å². The van der Waals surface area contributed by atoms with Crippen molar-refractivity contribution in [2.75, 3.05) is 30.6 Å². The Bertz CT molecular complexity index is 1800. The van der Waals surface area contributed by atoms with E-state index < -0.39 is 169 Å². The molecular formula is C60H167IN2O15Si20. The van der Waals surface area contributed by atoms with Crippen LogP contribution in [0.15, 0.2) is 0 Å². The Labute approximate surface area is 645 Å². The molecule has 0 rings (SSSR count). The van der Waals surface area contributed by atoms with Crippen molar-refractivity contribution in [3.8, 4) is 0 Å². The molecule has 0 atom stereocenters. The van der Waals surface area contributed by atoms with Crippen LogP contribution in [0.25, 0.3) is 0 Å². The normalized spacial score (nSPS) is 15.2. The van der Waals surface area contributed by atoms with Crippen LogP contribution >= 0.6 is 22.6 Å². The maximum absolute atomic E-state index is 7.11. The maximum Gasteiger partial charge on any atom is 0.469 e. The first-order valence-electron chi connectivity index (χ1n) is 37.0. The second-order valence-corrected chi connectivity index (χ2v) is 127. The van der Waals surface area contributed by atoms with Crippen LogP contribution in [-0.2, 0) is 61.7 Å². The monoisotopic (exact) mass is 1840 g/mol. The molecular weight excluding hydrogens is 1680 g/mol. The number of halogens is 1.